The van der Waals surface area contributed by atoms with Crippen molar-refractivity contribution in [2.24, 2.45) is 0 Å². The first-order valence-corrected chi connectivity index (χ1v) is 9.86. The molecule has 2 aromatic carbocycles. The number of nitrogens with one attached hydrogen (secondary N) is 3. The summed E-state index contributed by atoms with van der Waals surface area (Å²) in [4.78, 5) is 5.08. The number of quaternary nitrogens is 1. The number of rotatable bonds is 9. The van der Waals surface area contributed by atoms with Gasteiger partial charge in [-0.2, -0.15) is 0 Å². The third-order valence-corrected chi connectivity index (χ3v) is 5.12. The number of methoxy groups -OCH3 is 1. The third kappa shape index (κ3) is 4.02. The van der Waals surface area contributed by atoms with Crippen LogP contribution in [0.1, 0.15) is 13.3 Å². The van der Waals surface area contributed by atoms with Crippen molar-refractivity contribution in [3.63, 3.8) is 0 Å². The molecule has 5 heteroatoms. The average Bonchev–Trinajstić information content (AvgIpc) is 2.69. The van der Waals surface area contributed by atoms with Crippen molar-refractivity contribution < 1.29 is 14.6 Å². The van der Waals surface area contributed by atoms with Gasteiger partial charge in [0.05, 0.1) is 49.1 Å². The van der Waals surface area contributed by atoms with Gasteiger partial charge in [-0.1, -0.05) is 18.2 Å². The monoisotopic (exact) mass is 373 g/mol. The molecule has 0 bridgehead atoms. The number of ether oxygens (including phenoxy) is 1. The molecule has 0 spiro atoms. The Morgan fingerprint density at radius 2 is 1.88 bits per heavy atom. The second-order valence-corrected chi connectivity index (χ2v) is 6.88. The van der Waals surface area contributed by atoms with Crippen LogP contribution in [-0.4, -0.2) is 39.2 Å². The molecule has 0 amide bonds. The number of fused-ring (bicyclic) bond motifs is 2. The number of aromatic amines is 1. The SMILES string of the molecule is CC[NH+](CCCl)CCCNc1c2ccccc2[nH+]c2c(OC)cccc12. The normalized spacial score (nSPS) is 12.4. The molecule has 3 N–H and O–H groups in total. The lowest BCUT2D eigenvalue weighted by molar-refractivity contribution is -0.895. The number of hydrogen-bond donors (Lipinski definition) is 2. The fraction of sp³-hybridized carbons (Fsp3) is 0.381. The first-order chi connectivity index (χ1) is 12.8. The van der Waals surface area contributed by atoms with Crippen LogP contribution in [-0.2, 0) is 0 Å². The van der Waals surface area contributed by atoms with Crippen molar-refractivity contribution in [3.8, 4) is 5.75 Å². The maximum absolute atomic E-state index is 5.89. The maximum Gasteiger partial charge on any atom is 0.255 e. The highest BCUT2D eigenvalue weighted by Crippen LogP contribution is 2.32. The lowest BCUT2D eigenvalue weighted by Crippen LogP contribution is -3.12. The summed E-state index contributed by atoms with van der Waals surface area (Å²) < 4.78 is 5.56. The summed E-state index contributed by atoms with van der Waals surface area (Å²) in [5.74, 6) is 1.58. The van der Waals surface area contributed by atoms with Crippen molar-refractivity contribution in [2.45, 2.75) is 13.3 Å². The first-order valence-electron chi connectivity index (χ1n) is 9.32. The lowest BCUT2D eigenvalue weighted by Gasteiger charge is -2.17. The van der Waals surface area contributed by atoms with E-state index in [9.17, 15) is 0 Å². The van der Waals surface area contributed by atoms with Gasteiger partial charge < -0.3 is 15.0 Å². The molecule has 0 aliphatic rings. The Hall–Kier alpha value is -2.04. The van der Waals surface area contributed by atoms with Gasteiger partial charge in [-0.15, -0.1) is 11.6 Å². The minimum Gasteiger partial charge on any atom is -0.490 e. The quantitative estimate of drug-likeness (QED) is 0.344. The van der Waals surface area contributed by atoms with Crippen molar-refractivity contribution in [1.82, 2.24) is 0 Å². The van der Waals surface area contributed by atoms with Crippen LogP contribution in [0.5, 0.6) is 5.75 Å². The molecule has 0 radical (unpaired) electrons. The summed E-state index contributed by atoms with van der Waals surface area (Å²) in [6, 6.07) is 14.6. The summed E-state index contributed by atoms with van der Waals surface area (Å²) in [5, 5.41) is 6.04. The molecule has 0 aliphatic carbocycles. The highest BCUT2D eigenvalue weighted by atomic mass is 35.5. The van der Waals surface area contributed by atoms with Gasteiger partial charge in [-0.05, 0) is 25.1 Å². The van der Waals surface area contributed by atoms with Gasteiger partial charge in [0, 0.05) is 19.0 Å². The van der Waals surface area contributed by atoms with Gasteiger partial charge in [0.2, 0.25) is 5.52 Å². The number of H-pyrrole nitrogens is 1. The fourth-order valence-electron chi connectivity index (χ4n) is 3.48. The topological polar surface area (TPSA) is 39.8 Å². The van der Waals surface area contributed by atoms with Crippen LogP contribution in [0, 0.1) is 0 Å². The van der Waals surface area contributed by atoms with Gasteiger partial charge in [0.25, 0.3) is 5.52 Å². The predicted octanol–water partition coefficient (Wildman–Crippen LogP) is 2.76. The molecule has 0 saturated carbocycles. The minimum atomic E-state index is 0.722. The zero-order chi connectivity index (χ0) is 18.4. The van der Waals surface area contributed by atoms with E-state index >= 15 is 0 Å². The summed E-state index contributed by atoms with van der Waals surface area (Å²) in [5.41, 5.74) is 3.30. The summed E-state index contributed by atoms with van der Waals surface area (Å²) in [6.45, 7) is 6.44. The van der Waals surface area contributed by atoms with Gasteiger partial charge >= 0.3 is 0 Å². The second-order valence-electron chi connectivity index (χ2n) is 6.50. The zero-order valence-corrected chi connectivity index (χ0v) is 16.3. The number of pyridine rings is 1. The van der Waals surface area contributed by atoms with Crippen LogP contribution < -0.4 is 19.9 Å². The molecule has 1 aromatic heterocycles. The van der Waals surface area contributed by atoms with E-state index < -0.39 is 0 Å². The van der Waals surface area contributed by atoms with Gasteiger partial charge in [-0.3, -0.25) is 0 Å². The number of aromatic nitrogens is 1. The molecule has 0 fully saturated rings. The lowest BCUT2D eigenvalue weighted by atomic mass is 10.1. The molecule has 4 nitrogen and oxygen atoms in total. The largest absolute Gasteiger partial charge is 0.490 e. The van der Waals surface area contributed by atoms with E-state index in [4.69, 9.17) is 16.3 Å². The molecule has 0 aliphatic heterocycles. The van der Waals surface area contributed by atoms with Crippen LogP contribution in [0.3, 0.4) is 0 Å². The number of hydrogen-bond acceptors (Lipinski definition) is 2. The zero-order valence-electron chi connectivity index (χ0n) is 15.6. The number of para-hydroxylation sites is 2. The summed E-state index contributed by atoms with van der Waals surface area (Å²) in [6.07, 6.45) is 1.11. The number of halogens is 1. The van der Waals surface area contributed by atoms with Crippen LogP contribution in [0.4, 0.5) is 5.69 Å². The van der Waals surface area contributed by atoms with Crippen molar-refractivity contribution >= 4 is 39.1 Å². The van der Waals surface area contributed by atoms with E-state index in [0.717, 1.165) is 60.6 Å². The third-order valence-electron chi connectivity index (χ3n) is 4.93. The molecule has 3 aromatic rings. The van der Waals surface area contributed by atoms with Gasteiger partial charge in [-0.25, -0.2) is 4.98 Å². The van der Waals surface area contributed by atoms with E-state index in [1.807, 2.05) is 12.1 Å². The molecule has 1 atom stereocenters. The highest BCUT2D eigenvalue weighted by molar-refractivity contribution is 6.17. The minimum absolute atomic E-state index is 0.722. The van der Waals surface area contributed by atoms with Gasteiger partial charge in [0.15, 0.2) is 5.75 Å². The molecular formula is C21H28ClN3O+2. The molecule has 0 saturated heterocycles. The maximum atomic E-state index is 5.89. The van der Waals surface area contributed by atoms with E-state index in [2.05, 4.69) is 47.6 Å². The predicted molar refractivity (Wildman–Crippen MR) is 110 cm³/mol. The smallest absolute Gasteiger partial charge is 0.255 e. The molecule has 3 rings (SSSR count). The first kappa shape index (κ1) is 18.7. The Labute approximate surface area is 160 Å². The molecule has 1 unspecified atom stereocenters. The van der Waals surface area contributed by atoms with Crippen molar-refractivity contribution in [1.29, 1.82) is 0 Å². The second kappa shape index (κ2) is 9.06. The van der Waals surface area contributed by atoms with Crippen molar-refractivity contribution in [2.75, 3.05) is 44.5 Å². The fourth-order valence-corrected chi connectivity index (χ4v) is 3.75. The molecule has 26 heavy (non-hydrogen) atoms. The number of benzene rings is 2. The Bertz CT molecular complexity index is 868. The summed E-state index contributed by atoms with van der Waals surface area (Å²) in [7, 11) is 1.71. The van der Waals surface area contributed by atoms with Crippen LogP contribution >= 0.6 is 11.6 Å². The molecular weight excluding hydrogens is 346 g/mol. The standard InChI is InChI=1S/C21H26ClN3O/c1-3-25(15-12-22)14-7-13-23-20-16-8-4-5-10-18(16)24-21-17(20)9-6-11-19(21)26-2/h4-6,8-11H,3,7,12-15H2,1-2H3,(H,23,24)/p+2. The Kier molecular flexibility index (Phi) is 6.53. The van der Waals surface area contributed by atoms with E-state index in [1.165, 1.54) is 11.1 Å². The van der Waals surface area contributed by atoms with E-state index in [0.29, 0.717) is 0 Å². The Balaban J connectivity index is 1.88. The Morgan fingerprint density at radius 3 is 2.65 bits per heavy atom. The molecule has 1 heterocycles. The molecule has 138 valence electrons. The Morgan fingerprint density at radius 1 is 1.08 bits per heavy atom. The highest BCUT2D eigenvalue weighted by Gasteiger charge is 2.17. The average molecular weight is 374 g/mol. The van der Waals surface area contributed by atoms with Crippen LogP contribution in [0.2, 0.25) is 0 Å². The number of anilines is 1. The van der Waals surface area contributed by atoms with E-state index in [-0.39, 0.29) is 0 Å². The van der Waals surface area contributed by atoms with Gasteiger partial charge in [0.1, 0.15) is 0 Å². The summed E-state index contributed by atoms with van der Waals surface area (Å²) >= 11 is 5.89. The van der Waals surface area contributed by atoms with Crippen LogP contribution in [0.25, 0.3) is 21.8 Å². The van der Waals surface area contributed by atoms with E-state index in [1.54, 1.807) is 12.0 Å². The number of alkyl halides is 1. The van der Waals surface area contributed by atoms with Crippen molar-refractivity contribution in [3.05, 3.63) is 42.5 Å². The van der Waals surface area contributed by atoms with Crippen LogP contribution in [0.15, 0.2) is 42.5 Å².